The summed E-state index contributed by atoms with van der Waals surface area (Å²) in [6.07, 6.45) is 4.79. The van der Waals surface area contributed by atoms with Gasteiger partial charge >= 0.3 is 0 Å². The number of piperazine rings is 1. The van der Waals surface area contributed by atoms with Crippen molar-refractivity contribution in [2.45, 2.75) is 43.0 Å². The second kappa shape index (κ2) is 5.68. The SMILES string of the molecule is O=CCCCCC1SCC2NCC(=O)NC21. The Morgan fingerprint density at radius 3 is 3.12 bits per heavy atom. The molecule has 3 unspecified atom stereocenters. The fraction of sp³-hybridized carbons (Fsp3) is 0.818. The maximum Gasteiger partial charge on any atom is 0.234 e. The lowest BCUT2D eigenvalue weighted by Crippen LogP contribution is -2.60. The third kappa shape index (κ3) is 2.77. The van der Waals surface area contributed by atoms with Gasteiger partial charge in [0.1, 0.15) is 6.29 Å². The van der Waals surface area contributed by atoms with Crippen molar-refractivity contribution in [1.82, 2.24) is 10.6 Å². The summed E-state index contributed by atoms with van der Waals surface area (Å²) in [5, 5.41) is 6.87. The van der Waals surface area contributed by atoms with Gasteiger partial charge in [-0.05, 0) is 12.8 Å². The third-order valence-electron chi connectivity index (χ3n) is 3.24. The molecule has 2 aliphatic heterocycles. The van der Waals surface area contributed by atoms with E-state index in [9.17, 15) is 9.59 Å². The van der Waals surface area contributed by atoms with Crippen molar-refractivity contribution in [2.24, 2.45) is 0 Å². The van der Waals surface area contributed by atoms with E-state index in [2.05, 4.69) is 10.6 Å². The molecule has 0 aromatic carbocycles. The highest BCUT2D eigenvalue weighted by Crippen LogP contribution is 2.32. The van der Waals surface area contributed by atoms with Crippen LogP contribution < -0.4 is 10.6 Å². The van der Waals surface area contributed by atoms with Crippen LogP contribution in [0.4, 0.5) is 0 Å². The molecule has 0 bridgehead atoms. The second-order valence-electron chi connectivity index (χ2n) is 4.40. The lowest BCUT2D eigenvalue weighted by atomic mass is 10.00. The average Bonchev–Trinajstić information content (AvgIpc) is 2.67. The summed E-state index contributed by atoms with van der Waals surface area (Å²) in [5.41, 5.74) is 0. The third-order valence-corrected chi connectivity index (χ3v) is 4.75. The van der Waals surface area contributed by atoms with E-state index in [1.807, 2.05) is 11.8 Å². The minimum atomic E-state index is 0.113. The first-order valence-corrected chi connectivity index (χ1v) is 6.94. The number of fused-ring (bicyclic) bond motifs is 1. The molecule has 2 aliphatic rings. The number of hydrogen-bond acceptors (Lipinski definition) is 4. The molecular formula is C11H18N2O2S. The maximum atomic E-state index is 11.3. The van der Waals surface area contributed by atoms with E-state index >= 15 is 0 Å². The standard InChI is InChI=1S/C11H18N2O2S/c14-5-3-1-2-4-9-11-8(7-16-9)12-6-10(15)13-11/h5,8-9,11-12H,1-4,6-7H2,(H,13,15). The Bertz CT molecular complexity index is 273. The number of hydrogen-bond donors (Lipinski definition) is 2. The zero-order valence-corrected chi connectivity index (χ0v) is 10.1. The van der Waals surface area contributed by atoms with Crippen LogP contribution in [0, 0.1) is 0 Å². The van der Waals surface area contributed by atoms with Crippen molar-refractivity contribution in [1.29, 1.82) is 0 Å². The molecule has 0 spiro atoms. The number of unbranched alkanes of at least 4 members (excludes halogenated alkanes) is 2. The van der Waals surface area contributed by atoms with Gasteiger partial charge in [0.25, 0.3) is 0 Å². The Morgan fingerprint density at radius 1 is 1.44 bits per heavy atom. The molecule has 3 atom stereocenters. The average molecular weight is 242 g/mol. The first kappa shape index (κ1) is 11.9. The van der Waals surface area contributed by atoms with Crippen LogP contribution in [0.3, 0.4) is 0 Å². The first-order valence-electron chi connectivity index (χ1n) is 5.89. The summed E-state index contributed by atoms with van der Waals surface area (Å²) in [6, 6.07) is 0.737. The highest BCUT2D eigenvalue weighted by molar-refractivity contribution is 8.00. The Kier molecular flexibility index (Phi) is 4.23. The molecular weight excluding hydrogens is 224 g/mol. The summed E-state index contributed by atoms with van der Waals surface area (Å²) < 4.78 is 0. The molecule has 0 saturated carbocycles. The van der Waals surface area contributed by atoms with Crippen molar-refractivity contribution in [3.05, 3.63) is 0 Å². The summed E-state index contributed by atoms with van der Waals surface area (Å²) in [6.45, 7) is 0.458. The molecule has 4 nitrogen and oxygen atoms in total. The van der Waals surface area contributed by atoms with E-state index in [0.29, 0.717) is 30.3 Å². The van der Waals surface area contributed by atoms with Gasteiger partial charge in [0, 0.05) is 23.5 Å². The van der Waals surface area contributed by atoms with Gasteiger partial charge < -0.3 is 15.4 Å². The quantitative estimate of drug-likeness (QED) is 0.538. The normalized spacial score (nSPS) is 33.2. The van der Waals surface area contributed by atoms with Gasteiger partial charge in [-0.15, -0.1) is 0 Å². The van der Waals surface area contributed by atoms with Crippen LogP contribution in [0.1, 0.15) is 25.7 Å². The van der Waals surface area contributed by atoms with E-state index in [1.54, 1.807) is 0 Å². The minimum absolute atomic E-state index is 0.113. The second-order valence-corrected chi connectivity index (χ2v) is 5.68. The number of amides is 1. The summed E-state index contributed by atoms with van der Waals surface area (Å²) in [4.78, 5) is 21.5. The monoisotopic (exact) mass is 242 g/mol. The van der Waals surface area contributed by atoms with Gasteiger partial charge in [-0.3, -0.25) is 4.79 Å². The maximum absolute atomic E-state index is 11.3. The molecule has 90 valence electrons. The topological polar surface area (TPSA) is 58.2 Å². The molecule has 5 heteroatoms. The largest absolute Gasteiger partial charge is 0.350 e. The van der Waals surface area contributed by atoms with E-state index in [1.165, 1.54) is 0 Å². The van der Waals surface area contributed by atoms with Crippen LogP contribution in [0.2, 0.25) is 0 Å². The Balaban J connectivity index is 1.77. The minimum Gasteiger partial charge on any atom is -0.350 e. The Hall–Kier alpha value is -0.550. The van der Waals surface area contributed by atoms with Crippen LogP contribution in [0.5, 0.6) is 0 Å². The Morgan fingerprint density at radius 2 is 2.31 bits per heavy atom. The molecule has 2 fully saturated rings. The molecule has 1 amide bonds. The van der Waals surface area contributed by atoms with Crippen LogP contribution in [0.25, 0.3) is 0 Å². The number of carbonyl (C=O) groups is 2. The molecule has 2 rings (SSSR count). The van der Waals surface area contributed by atoms with Crippen molar-refractivity contribution in [2.75, 3.05) is 12.3 Å². The van der Waals surface area contributed by atoms with E-state index < -0.39 is 0 Å². The number of nitrogens with one attached hydrogen (secondary N) is 2. The van der Waals surface area contributed by atoms with Gasteiger partial charge in [0.05, 0.1) is 12.6 Å². The smallest absolute Gasteiger partial charge is 0.234 e. The molecule has 2 N–H and O–H groups in total. The Labute approximate surface area is 99.9 Å². The number of carbonyl (C=O) groups excluding carboxylic acids is 2. The highest BCUT2D eigenvalue weighted by Gasteiger charge is 2.39. The zero-order valence-electron chi connectivity index (χ0n) is 9.28. The molecule has 0 aromatic rings. The molecule has 16 heavy (non-hydrogen) atoms. The summed E-state index contributed by atoms with van der Waals surface area (Å²) in [5.74, 6) is 1.20. The van der Waals surface area contributed by atoms with E-state index in [-0.39, 0.29) is 5.91 Å². The predicted octanol–water partition coefficient (Wildman–Crippen LogP) is 0.318. The molecule has 0 aromatic heterocycles. The number of rotatable bonds is 5. The van der Waals surface area contributed by atoms with Crippen LogP contribution >= 0.6 is 11.8 Å². The lowest BCUT2D eigenvalue weighted by molar-refractivity contribution is -0.122. The number of aldehydes is 1. The highest BCUT2D eigenvalue weighted by atomic mass is 32.2. The van der Waals surface area contributed by atoms with Gasteiger partial charge in [-0.2, -0.15) is 11.8 Å². The van der Waals surface area contributed by atoms with Crippen LogP contribution in [-0.4, -0.2) is 41.8 Å². The number of thioether (sulfide) groups is 1. The van der Waals surface area contributed by atoms with Gasteiger partial charge in [0.2, 0.25) is 5.91 Å². The van der Waals surface area contributed by atoms with Crippen molar-refractivity contribution < 1.29 is 9.59 Å². The molecule has 2 saturated heterocycles. The molecule has 0 aliphatic carbocycles. The van der Waals surface area contributed by atoms with Crippen LogP contribution in [-0.2, 0) is 9.59 Å². The fourth-order valence-electron chi connectivity index (χ4n) is 2.37. The zero-order chi connectivity index (χ0) is 11.4. The summed E-state index contributed by atoms with van der Waals surface area (Å²) >= 11 is 1.94. The lowest BCUT2D eigenvalue weighted by Gasteiger charge is -2.30. The van der Waals surface area contributed by atoms with Gasteiger partial charge in [-0.1, -0.05) is 6.42 Å². The van der Waals surface area contributed by atoms with Gasteiger partial charge in [0.15, 0.2) is 0 Å². The van der Waals surface area contributed by atoms with Crippen LogP contribution in [0.15, 0.2) is 0 Å². The van der Waals surface area contributed by atoms with E-state index in [0.717, 1.165) is 31.3 Å². The first-order chi connectivity index (χ1) is 7.81. The van der Waals surface area contributed by atoms with Gasteiger partial charge in [-0.25, -0.2) is 0 Å². The van der Waals surface area contributed by atoms with E-state index in [4.69, 9.17) is 0 Å². The molecule has 0 radical (unpaired) electrons. The summed E-state index contributed by atoms with van der Waals surface area (Å²) in [7, 11) is 0. The molecule has 2 heterocycles. The fourth-order valence-corrected chi connectivity index (χ4v) is 3.95. The predicted molar refractivity (Wildman–Crippen MR) is 64.5 cm³/mol. The van der Waals surface area contributed by atoms with Crippen molar-refractivity contribution >= 4 is 24.0 Å². The van der Waals surface area contributed by atoms with Crippen molar-refractivity contribution in [3.8, 4) is 0 Å². The van der Waals surface area contributed by atoms with Crippen molar-refractivity contribution in [3.63, 3.8) is 0 Å².